The first-order chi connectivity index (χ1) is 16.0. The number of methoxy groups -OCH3 is 1. The van der Waals surface area contributed by atoms with Crippen LogP contribution in [0.2, 0.25) is 0 Å². The maximum atomic E-state index is 12.8. The Balaban J connectivity index is 1.63. The molecular weight excluding hydrogens is 432 g/mol. The van der Waals surface area contributed by atoms with E-state index in [1.165, 1.54) is 12.0 Å². The lowest BCUT2D eigenvalue weighted by atomic mass is 9.95. The van der Waals surface area contributed by atoms with Gasteiger partial charge in [0.15, 0.2) is 0 Å². The van der Waals surface area contributed by atoms with Crippen LogP contribution in [0.3, 0.4) is 0 Å². The van der Waals surface area contributed by atoms with Crippen molar-refractivity contribution in [2.45, 2.75) is 39.5 Å². The summed E-state index contributed by atoms with van der Waals surface area (Å²) in [4.78, 5) is 21.9. The number of fused-ring (bicyclic) bond motifs is 2. The maximum Gasteiger partial charge on any atom is 0.341 e. The first kappa shape index (κ1) is 21.2. The number of imidazole rings is 1. The van der Waals surface area contributed by atoms with E-state index < -0.39 is 0 Å². The predicted molar refractivity (Wildman–Crippen MR) is 131 cm³/mol. The highest BCUT2D eigenvalue weighted by atomic mass is 32.1. The van der Waals surface area contributed by atoms with Gasteiger partial charge in [-0.1, -0.05) is 12.1 Å². The molecule has 4 aromatic rings. The van der Waals surface area contributed by atoms with Crippen LogP contribution in [-0.2, 0) is 17.6 Å². The average molecular weight is 457 g/mol. The van der Waals surface area contributed by atoms with E-state index in [0.717, 1.165) is 64.2 Å². The zero-order valence-electron chi connectivity index (χ0n) is 18.9. The number of nitrogens with one attached hydrogen (secondary N) is 1. The van der Waals surface area contributed by atoms with Gasteiger partial charge in [-0.15, -0.1) is 11.3 Å². The number of esters is 1. The highest BCUT2D eigenvalue weighted by Gasteiger charge is 2.28. The van der Waals surface area contributed by atoms with Crippen molar-refractivity contribution < 1.29 is 9.53 Å². The van der Waals surface area contributed by atoms with E-state index in [2.05, 4.69) is 26.7 Å². The fourth-order valence-corrected chi connectivity index (χ4v) is 6.15. The number of hydrogen-bond acceptors (Lipinski definition) is 5. The Labute approximate surface area is 196 Å². The number of ether oxygens (including phenoxy) is 1. The van der Waals surface area contributed by atoms with Crippen LogP contribution >= 0.6 is 11.3 Å². The molecule has 7 heteroatoms. The summed E-state index contributed by atoms with van der Waals surface area (Å²) in [5.74, 6) is 0.263. The summed E-state index contributed by atoms with van der Waals surface area (Å²) in [7, 11) is 1.44. The number of carbonyl (C=O) groups excluding carboxylic acids is 1. The van der Waals surface area contributed by atoms with Crippen molar-refractivity contribution in [1.82, 2.24) is 14.5 Å². The molecule has 0 fully saturated rings. The third-order valence-corrected chi connectivity index (χ3v) is 7.56. The molecule has 3 aromatic heterocycles. The molecule has 6 nitrogen and oxygen atoms in total. The van der Waals surface area contributed by atoms with E-state index in [-0.39, 0.29) is 5.97 Å². The van der Waals surface area contributed by atoms with Crippen molar-refractivity contribution in [2.75, 3.05) is 7.11 Å². The summed E-state index contributed by atoms with van der Waals surface area (Å²) in [5.41, 5.74) is 6.91. The zero-order valence-corrected chi connectivity index (χ0v) is 19.7. The van der Waals surface area contributed by atoms with Crippen molar-refractivity contribution in [1.29, 1.82) is 5.26 Å². The number of rotatable bonds is 4. The molecule has 1 N–H and O–H groups in total. The first-order valence-electron chi connectivity index (χ1n) is 11.0. The van der Waals surface area contributed by atoms with Gasteiger partial charge in [-0.3, -0.25) is 0 Å². The standard InChI is InChI=1S/C26H24N4O2S/c1-15-12-17(13-18(14-27)24-28-20-9-5-6-10-21(20)29-24)16(2)30(15)25-23(26(31)32-3)19-8-4-7-11-22(19)33-25/h5-6,9-10,12-13H,4,7-8,11H2,1-3H3,(H,28,29)/b18-13-. The van der Waals surface area contributed by atoms with E-state index in [0.29, 0.717) is 17.0 Å². The lowest BCUT2D eigenvalue weighted by molar-refractivity contribution is 0.0600. The summed E-state index contributed by atoms with van der Waals surface area (Å²) in [6.07, 6.45) is 6.01. The summed E-state index contributed by atoms with van der Waals surface area (Å²) in [5, 5.41) is 10.8. The van der Waals surface area contributed by atoms with Gasteiger partial charge in [-0.05, 0) is 74.9 Å². The molecule has 0 unspecified atom stereocenters. The van der Waals surface area contributed by atoms with Crippen LogP contribution in [0.4, 0.5) is 0 Å². The number of hydrogen-bond donors (Lipinski definition) is 1. The van der Waals surface area contributed by atoms with Gasteiger partial charge in [0.2, 0.25) is 0 Å². The van der Waals surface area contributed by atoms with Gasteiger partial charge in [0.25, 0.3) is 0 Å². The van der Waals surface area contributed by atoms with Crippen LogP contribution < -0.4 is 0 Å². The van der Waals surface area contributed by atoms with Crippen molar-refractivity contribution in [2.24, 2.45) is 0 Å². The SMILES string of the molecule is COC(=O)c1c(-n2c(C)cc(/C=C(/C#N)c3nc4ccccc4[nH]3)c2C)sc2c1CCCC2. The van der Waals surface area contributed by atoms with Gasteiger partial charge in [0.05, 0.1) is 29.3 Å². The Morgan fingerprint density at radius 1 is 1.27 bits per heavy atom. The zero-order chi connectivity index (χ0) is 23.1. The van der Waals surface area contributed by atoms with Gasteiger partial charge in [-0.25, -0.2) is 9.78 Å². The van der Waals surface area contributed by atoms with Crippen molar-refractivity contribution in [3.63, 3.8) is 0 Å². The van der Waals surface area contributed by atoms with E-state index in [4.69, 9.17) is 4.74 Å². The average Bonchev–Trinajstić information content (AvgIpc) is 3.49. The molecule has 1 aliphatic carbocycles. The Bertz CT molecular complexity index is 1430. The van der Waals surface area contributed by atoms with Crippen molar-refractivity contribution in [3.8, 4) is 11.1 Å². The summed E-state index contributed by atoms with van der Waals surface area (Å²) < 4.78 is 7.28. The fourth-order valence-electron chi connectivity index (χ4n) is 4.66. The molecule has 1 aromatic carbocycles. The Hall–Kier alpha value is -3.63. The number of aromatic nitrogens is 3. The summed E-state index contributed by atoms with van der Waals surface area (Å²) in [6.45, 7) is 4.05. The molecule has 0 aliphatic heterocycles. The lowest BCUT2D eigenvalue weighted by Crippen LogP contribution is -2.11. The lowest BCUT2D eigenvalue weighted by Gasteiger charge is -2.12. The van der Waals surface area contributed by atoms with E-state index in [1.807, 2.05) is 44.2 Å². The maximum absolute atomic E-state index is 12.8. The number of nitriles is 1. The monoisotopic (exact) mass is 456 g/mol. The number of nitrogens with zero attached hydrogens (tertiary/aromatic N) is 3. The number of aryl methyl sites for hydroxylation is 2. The van der Waals surface area contributed by atoms with Crippen molar-refractivity contribution in [3.05, 3.63) is 69.1 Å². The molecule has 0 atom stereocenters. The second kappa shape index (κ2) is 8.38. The normalized spacial score (nSPS) is 13.7. The molecule has 0 saturated carbocycles. The molecular formula is C26H24N4O2S. The Morgan fingerprint density at radius 3 is 2.82 bits per heavy atom. The topological polar surface area (TPSA) is 83.7 Å². The number of para-hydroxylation sites is 2. The number of benzene rings is 1. The summed E-state index contributed by atoms with van der Waals surface area (Å²) in [6, 6.07) is 12.1. The van der Waals surface area contributed by atoms with Gasteiger partial charge in [0, 0.05) is 16.3 Å². The Morgan fingerprint density at radius 2 is 2.06 bits per heavy atom. The molecule has 1 aliphatic rings. The van der Waals surface area contributed by atoms with Crippen LogP contribution in [0, 0.1) is 25.2 Å². The van der Waals surface area contributed by atoms with Crippen molar-refractivity contribution >= 4 is 40.0 Å². The number of aromatic amines is 1. The van der Waals surface area contributed by atoms with Crippen LogP contribution in [-0.4, -0.2) is 27.6 Å². The van der Waals surface area contributed by atoms with Gasteiger partial charge < -0.3 is 14.3 Å². The smallest absolute Gasteiger partial charge is 0.341 e. The fraction of sp³-hybridized carbons (Fsp3) is 0.269. The summed E-state index contributed by atoms with van der Waals surface area (Å²) >= 11 is 1.68. The van der Waals surface area contributed by atoms with E-state index in [1.54, 1.807) is 11.3 Å². The minimum absolute atomic E-state index is 0.283. The molecule has 0 spiro atoms. The number of carbonyl (C=O) groups is 1. The molecule has 0 amide bonds. The van der Waals surface area contributed by atoms with E-state index in [9.17, 15) is 10.1 Å². The van der Waals surface area contributed by atoms with Crippen LogP contribution in [0.15, 0.2) is 30.3 Å². The number of thiophene rings is 1. The van der Waals surface area contributed by atoms with Crippen LogP contribution in [0.25, 0.3) is 27.7 Å². The second-order valence-electron chi connectivity index (χ2n) is 8.32. The predicted octanol–water partition coefficient (Wildman–Crippen LogP) is 5.76. The van der Waals surface area contributed by atoms with Gasteiger partial charge >= 0.3 is 5.97 Å². The Kier molecular flexibility index (Phi) is 5.39. The highest BCUT2D eigenvalue weighted by Crippen LogP contribution is 2.39. The third-order valence-electron chi connectivity index (χ3n) is 6.28. The largest absolute Gasteiger partial charge is 0.465 e. The van der Waals surface area contributed by atoms with E-state index >= 15 is 0 Å². The second-order valence-corrected chi connectivity index (χ2v) is 9.40. The first-order valence-corrected chi connectivity index (χ1v) is 11.8. The molecule has 3 heterocycles. The minimum Gasteiger partial charge on any atom is -0.465 e. The third kappa shape index (κ3) is 3.57. The molecule has 0 saturated heterocycles. The molecule has 166 valence electrons. The van der Waals surface area contributed by atoms with Crippen LogP contribution in [0.5, 0.6) is 0 Å². The highest BCUT2D eigenvalue weighted by molar-refractivity contribution is 7.15. The van der Waals surface area contributed by atoms with Gasteiger partial charge in [-0.2, -0.15) is 5.26 Å². The molecule has 5 rings (SSSR count). The molecule has 0 bridgehead atoms. The number of allylic oxidation sites excluding steroid dienone is 1. The van der Waals surface area contributed by atoms with Crippen LogP contribution in [0.1, 0.15) is 56.4 Å². The minimum atomic E-state index is -0.283. The molecule has 33 heavy (non-hydrogen) atoms. The van der Waals surface area contributed by atoms with Gasteiger partial charge in [0.1, 0.15) is 16.9 Å². The molecule has 0 radical (unpaired) electrons. The quantitative estimate of drug-likeness (QED) is 0.312. The number of H-pyrrole nitrogens is 1.